The number of aromatic amines is 1. The van der Waals surface area contributed by atoms with E-state index in [9.17, 15) is 4.79 Å². The third kappa shape index (κ3) is 2.65. The molecule has 0 atom stereocenters. The van der Waals surface area contributed by atoms with E-state index in [2.05, 4.69) is 25.2 Å². The molecule has 4 heterocycles. The highest BCUT2D eigenvalue weighted by molar-refractivity contribution is 6.32. The summed E-state index contributed by atoms with van der Waals surface area (Å²) in [6.07, 6.45) is 2.69. The predicted octanol–water partition coefficient (Wildman–Crippen LogP) is 1.56. The summed E-state index contributed by atoms with van der Waals surface area (Å²) in [6, 6.07) is 7.29. The lowest BCUT2D eigenvalue weighted by molar-refractivity contribution is 0.724. The lowest BCUT2D eigenvalue weighted by Crippen LogP contribution is -2.29. The fourth-order valence-corrected chi connectivity index (χ4v) is 3.17. The highest BCUT2D eigenvalue weighted by Crippen LogP contribution is 2.24. The standard InChI is InChI=1S/C16H17ClN6O/c17-11-4-5-13(22-9-2-6-18-8-10-22)20-15(11)23-12-3-1-7-19-14(12)21-16(23)24/h1,3-5,7,18H,2,6,8-10H2,(H,19,21,24). The minimum absolute atomic E-state index is 0.298. The third-order valence-electron chi connectivity index (χ3n) is 4.14. The molecule has 3 aromatic rings. The van der Waals surface area contributed by atoms with E-state index in [0.717, 1.165) is 38.4 Å². The van der Waals surface area contributed by atoms with Gasteiger partial charge in [0.05, 0.1) is 10.5 Å². The average Bonchev–Trinajstić information content (AvgIpc) is 2.76. The second kappa shape index (κ2) is 6.26. The number of imidazole rings is 1. The van der Waals surface area contributed by atoms with Crippen molar-refractivity contribution in [1.82, 2.24) is 24.8 Å². The monoisotopic (exact) mass is 344 g/mol. The summed E-state index contributed by atoms with van der Waals surface area (Å²) in [7, 11) is 0. The molecular formula is C16H17ClN6O. The Bertz CT molecular complexity index is 926. The molecule has 124 valence electrons. The molecule has 3 aromatic heterocycles. The smallest absolute Gasteiger partial charge is 0.333 e. The number of nitrogens with zero attached hydrogens (tertiary/aromatic N) is 4. The number of hydrogen-bond donors (Lipinski definition) is 2. The number of nitrogens with one attached hydrogen (secondary N) is 2. The Morgan fingerprint density at radius 1 is 1.17 bits per heavy atom. The van der Waals surface area contributed by atoms with E-state index in [0.29, 0.717) is 22.0 Å². The van der Waals surface area contributed by atoms with Gasteiger partial charge in [0.2, 0.25) is 0 Å². The number of halogens is 1. The third-order valence-corrected chi connectivity index (χ3v) is 4.44. The second-order valence-electron chi connectivity index (χ2n) is 5.70. The molecule has 1 aliphatic heterocycles. The molecule has 0 saturated carbocycles. The maximum atomic E-state index is 12.4. The van der Waals surface area contributed by atoms with Crippen molar-refractivity contribution < 1.29 is 0 Å². The van der Waals surface area contributed by atoms with Crippen LogP contribution in [0.25, 0.3) is 17.0 Å². The second-order valence-corrected chi connectivity index (χ2v) is 6.11. The van der Waals surface area contributed by atoms with Gasteiger partial charge in [-0.05, 0) is 37.2 Å². The minimum Gasteiger partial charge on any atom is -0.355 e. The van der Waals surface area contributed by atoms with Crippen LogP contribution in [0.3, 0.4) is 0 Å². The van der Waals surface area contributed by atoms with E-state index in [1.165, 1.54) is 4.57 Å². The van der Waals surface area contributed by atoms with Crippen molar-refractivity contribution in [3.05, 3.63) is 46.0 Å². The van der Waals surface area contributed by atoms with Gasteiger partial charge in [0.15, 0.2) is 11.5 Å². The van der Waals surface area contributed by atoms with Gasteiger partial charge in [-0.25, -0.2) is 19.3 Å². The molecule has 0 radical (unpaired) electrons. The zero-order valence-electron chi connectivity index (χ0n) is 13.0. The maximum absolute atomic E-state index is 12.4. The van der Waals surface area contributed by atoms with Crippen LogP contribution in [-0.2, 0) is 0 Å². The number of H-pyrrole nitrogens is 1. The van der Waals surface area contributed by atoms with Gasteiger partial charge >= 0.3 is 5.69 Å². The quantitative estimate of drug-likeness (QED) is 0.737. The summed E-state index contributed by atoms with van der Waals surface area (Å²) in [6.45, 7) is 3.71. The van der Waals surface area contributed by atoms with E-state index in [1.807, 2.05) is 12.1 Å². The lowest BCUT2D eigenvalue weighted by atomic mass is 10.3. The molecule has 4 rings (SSSR count). The SMILES string of the molecule is O=c1[nH]c2ncccc2n1-c1nc(N2CCCNCC2)ccc1Cl. The zero-order valence-corrected chi connectivity index (χ0v) is 13.8. The number of fused-ring (bicyclic) bond motifs is 1. The van der Waals surface area contributed by atoms with Crippen molar-refractivity contribution in [3.8, 4) is 5.82 Å². The molecule has 1 fully saturated rings. The van der Waals surface area contributed by atoms with Crippen molar-refractivity contribution in [2.45, 2.75) is 6.42 Å². The Morgan fingerprint density at radius 3 is 3.00 bits per heavy atom. The Hall–Kier alpha value is -2.38. The van der Waals surface area contributed by atoms with Gasteiger partial charge < -0.3 is 10.2 Å². The number of rotatable bonds is 2. The lowest BCUT2D eigenvalue weighted by Gasteiger charge is -2.22. The summed E-state index contributed by atoms with van der Waals surface area (Å²) in [5, 5.41) is 3.80. The van der Waals surface area contributed by atoms with Crippen molar-refractivity contribution in [2.24, 2.45) is 0 Å². The molecule has 7 nitrogen and oxygen atoms in total. The average molecular weight is 345 g/mol. The van der Waals surface area contributed by atoms with E-state index >= 15 is 0 Å². The van der Waals surface area contributed by atoms with Crippen molar-refractivity contribution in [2.75, 3.05) is 31.1 Å². The van der Waals surface area contributed by atoms with Crippen molar-refractivity contribution in [3.63, 3.8) is 0 Å². The highest BCUT2D eigenvalue weighted by atomic mass is 35.5. The summed E-state index contributed by atoms with van der Waals surface area (Å²) >= 11 is 6.34. The number of aromatic nitrogens is 4. The fourth-order valence-electron chi connectivity index (χ4n) is 2.98. The van der Waals surface area contributed by atoms with Crippen LogP contribution in [0.4, 0.5) is 5.82 Å². The van der Waals surface area contributed by atoms with Crippen LogP contribution in [0.15, 0.2) is 35.3 Å². The molecular weight excluding hydrogens is 328 g/mol. The first-order chi connectivity index (χ1) is 11.7. The molecule has 0 unspecified atom stereocenters. The molecule has 0 amide bonds. The Morgan fingerprint density at radius 2 is 2.08 bits per heavy atom. The van der Waals surface area contributed by atoms with E-state index in [4.69, 9.17) is 11.6 Å². The molecule has 0 bridgehead atoms. The normalized spacial score (nSPS) is 15.6. The topological polar surface area (TPSA) is 78.8 Å². The minimum atomic E-state index is -0.298. The number of hydrogen-bond acceptors (Lipinski definition) is 5. The molecule has 24 heavy (non-hydrogen) atoms. The van der Waals surface area contributed by atoms with Gasteiger partial charge in [-0.1, -0.05) is 11.6 Å². The van der Waals surface area contributed by atoms with Gasteiger partial charge in [-0.2, -0.15) is 0 Å². The molecule has 0 aliphatic carbocycles. The maximum Gasteiger partial charge on any atom is 0.333 e. The van der Waals surface area contributed by atoms with Crippen LogP contribution in [0.5, 0.6) is 0 Å². The summed E-state index contributed by atoms with van der Waals surface area (Å²) in [5.41, 5.74) is 0.879. The summed E-state index contributed by atoms with van der Waals surface area (Å²) in [4.78, 5) is 26.2. The van der Waals surface area contributed by atoms with E-state index in [1.54, 1.807) is 18.3 Å². The zero-order chi connectivity index (χ0) is 16.5. The highest BCUT2D eigenvalue weighted by Gasteiger charge is 2.17. The van der Waals surface area contributed by atoms with Crippen LogP contribution < -0.4 is 15.9 Å². The van der Waals surface area contributed by atoms with Crippen molar-refractivity contribution in [1.29, 1.82) is 0 Å². The van der Waals surface area contributed by atoms with Crippen LogP contribution in [0.1, 0.15) is 6.42 Å². The first-order valence-corrected chi connectivity index (χ1v) is 8.30. The van der Waals surface area contributed by atoms with Gasteiger partial charge in [0.1, 0.15) is 5.82 Å². The fraction of sp³-hybridized carbons (Fsp3) is 0.312. The van der Waals surface area contributed by atoms with Gasteiger partial charge in [0.25, 0.3) is 0 Å². The predicted molar refractivity (Wildman–Crippen MR) is 94.2 cm³/mol. The molecule has 1 aliphatic rings. The largest absolute Gasteiger partial charge is 0.355 e. The van der Waals surface area contributed by atoms with Crippen molar-refractivity contribution >= 4 is 28.6 Å². The van der Waals surface area contributed by atoms with Crippen LogP contribution in [0, 0.1) is 0 Å². The molecule has 0 aromatic carbocycles. The van der Waals surface area contributed by atoms with Gasteiger partial charge in [-0.15, -0.1) is 0 Å². The number of anilines is 1. The Labute approximate surface area is 143 Å². The number of pyridine rings is 2. The van der Waals surface area contributed by atoms with Crippen LogP contribution >= 0.6 is 11.6 Å². The Balaban J connectivity index is 1.84. The molecule has 1 saturated heterocycles. The summed E-state index contributed by atoms with van der Waals surface area (Å²) in [5.74, 6) is 1.25. The van der Waals surface area contributed by atoms with Crippen LogP contribution in [-0.4, -0.2) is 45.7 Å². The van der Waals surface area contributed by atoms with E-state index in [-0.39, 0.29) is 5.69 Å². The van der Waals surface area contributed by atoms with E-state index < -0.39 is 0 Å². The Kier molecular flexibility index (Phi) is 3.95. The van der Waals surface area contributed by atoms with Gasteiger partial charge in [-0.3, -0.25) is 4.98 Å². The van der Waals surface area contributed by atoms with Gasteiger partial charge in [0, 0.05) is 25.8 Å². The molecule has 0 spiro atoms. The summed E-state index contributed by atoms with van der Waals surface area (Å²) < 4.78 is 1.48. The first kappa shape index (κ1) is 15.2. The van der Waals surface area contributed by atoms with Crippen LogP contribution in [0.2, 0.25) is 5.02 Å². The first-order valence-electron chi connectivity index (χ1n) is 7.92. The molecule has 8 heteroatoms. The molecule has 2 N–H and O–H groups in total.